The van der Waals surface area contributed by atoms with Gasteiger partial charge in [-0.1, -0.05) is 6.92 Å². The van der Waals surface area contributed by atoms with Crippen LogP contribution in [0.2, 0.25) is 0 Å². The number of ether oxygens (including phenoxy) is 2. The average molecular weight is 171 g/mol. The molecule has 0 aromatic heterocycles. The van der Waals surface area contributed by atoms with E-state index < -0.39 is 0 Å². The van der Waals surface area contributed by atoms with Crippen molar-refractivity contribution in [2.24, 2.45) is 0 Å². The third-order valence-electron chi connectivity index (χ3n) is 2.16. The van der Waals surface area contributed by atoms with Gasteiger partial charge < -0.3 is 14.9 Å². The highest BCUT2D eigenvalue weighted by molar-refractivity contribution is 5.85. The van der Waals surface area contributed by atoms with Gasteiger partial charge in [0.25, 0.3) is 0 Å². The van der Waals surface area contributed by atoms with Crippen molar-refractivity contribution in [2.45, 2.75) is 52.1 Å². The van der Waals surface area contributed by atoms with Gasteiger partial charge in [0.1, 0.15) is 6.10 Å². The van der Waals surface area contributed by atoms with Crippen LogP contribution in [0.1, 0.15) is 34.1 Å². The summed E-state index contributed by atoms with van der Waals surface area (Å²) in [5, 5.41) is 7.30. The predicted octanol–water partition coefficient (Wildman–Crippen LogP) is 1.96. The summed E-state index contributed by atoms with van der Waals surface area (Å²) < 4.78 is 10.8. The van der Waals surface area contributed by atoms with Gasteiger partial charge in [0.2, 0.25) is 0 Å². The van der Waals surface area contributed by atoms with E-state index in [-0.39, 0.29) is 18.0 Å². The van der Waals surface area contributed by atoms with Crippen molar-refractivity contribution in [1.82, 2.24) is 0 Å². The van der Waals surface area contributed by atoms with Gasteiger partial charge in [-0.3, -0.25) is 0 Å². The summed E-state index contributed by atoms with van der Waals surface area (Å²) >= 11 is 0. The van der Waals surface area contributed by atoms with E-state index in [0.717, 1.165) is 6.42 Å². The molecule has 1 rings (SSSR count). The molecule has 2 atom stereocenters. The highest BCUT2D eigenvalue weighted by atomic mass is 16.8. The number of rotatable bonds is 4. The zero-order valence-electron chi connectivity index (χ0n) is 8.18. The quantitative estimate of drug-likeness (QED) is 0.519. The Balaban J connectivity index is 2.32. The van der Waals surface area contributed by atoms with Crippen LogP contribution in [-0.4, -0.2) is 23.7 Å². The topological polar surface area (TPSA) is 45.6 Å². The van der Waals surface area contributed by atoms with Crippen LogP contribution in [0.5, 0.6) is 0 Å². The first-order valence-corrected chi connectivity index (χ1v) is 4.34. The van der Waals surface area contributed by atoms with Gasteiger partial charge in [-0.25, -0.2) is 0 Å². The maximum absolute atomic E-state index is 7.30. The Morgan fingerprint density at radius 2 is 2.17 bits per heavy atom. The molecule has 0 aliphatic carbocycles. The molecule has 1 aliphatic rings. The van der Waals surface area contributed by atoms with E-state index in [1.165, 1.54) is 0 Å². The molecule has 70 valence electrons. The van der Waals surface area contributed by atoms with E-state index in [0.29, 0.717) is 5.71 Å². The van der Waals surface area contributed by atoms with Crippen LogP contribution in [0, 0.1) is 5.41 Å². The molecule has 12 heavy (non-hydrogen) atoms. The number of hydrogen-bond donors (Lipinski definition) is 1. The van der Waals surface area contributed by atoms with Gasteiger partial charge in [-0.15, -0.1) is 0 Å². The predicted molar refractivity (Wildman–Crippen MR) is 47.5 cm³/mol. The molecule has 1 heterocycles. The Morgan fingerprint density at radius 3 is 2.50 bits per heavy atom. The summed E-state index contributed by atoms with van der Waals surface area (Å²) in [5.41, 5.74) is 0.418. The van der Waals surface area contributed by atoms with Gasteiger partial charge in [-0.2, -0.15) is 0 Å². The molecule has 3 nitrogen and oxygen atoms in total. The molecule has 0 aromatic rings. The minimum Gasteiger partial charge on any atom is -0.344 e. The van der Waals surface area contributed by atoms with Crippen molar-refractivity contribution in [3.05, 3.63) is 0 Å². The molecular weight excluding hydrogens is 154 g/mol. The maximum atomic E-state index is 7.30. The first kappa shape index (κ1) is 9.68. The van der Waals surface area contributed by atoms with E-state index in [1.807, 2.05) is 13.8 Å². The summed E-state index contributed by atoms with van der Waals surface area (Å²) in [7, 11) is 0. The molecule has 0 amide bonds. The first-order valence-electron chi connectivity index (χ1n) is 4.34. The second-order valence-electron chi connectivity index (χ2n) is 3.84. The van der Waals surface area contributed by atoms with Crippen LogP contribution in [0.15, 0.2) is 0 Å². The SMILES string of the molecule is CCC(C)(C)OC1OC1C(C)=N. The molecule has 1 N–H and O–H groups in total. The lowest BCUT2D eigenvalue weighted by atomic mass is 10.1. The van der Waals surface area contributed by atoms with Crippen LogP contribution >= 0.6 is 0 Å². The van der Waals surface area contributed by atoms with Gasteiger partial charge in [0.15, 0.2) is 6.29 Å². The molecule has 0 bridgehead atoms. The van der Waals surface area contributed by atoms with Gasteiger partial charge in [0.05, 0.1) is 5.60 Å². The third kappa shape index (κ3) is 2.29. The number of hydrogen-bond acceptors (Lipinski definition) is 3. The molecule has 0 radical (unpaired) electrons. The zero-order chi connectivity index (χ0) is 9.35. The standard InChI is InChI=1S/C9H17NO2/c1-5-9(3,4)12-8-7(11-8)6(2)10/h7-8,10H,5H2,1-4H3. The van der Waals surface area contributed by atoms with Crippen LogP contribution in [-0.2, 0) is 9.47 Å². The Labute approximate surface area is 73.6 Å². The Hall–Kier alpha value is -0.410. The largest absolute Gasteiger partial charge is 0.344 e. The van der Waals surface area contributed by atoms with Crippen molar-refractivity contribution in [3.8, 4) is 0 Å². The summed E-state index contributed by atoms with van der Waals surface area (Å²) in [6, 6.07) is 0. The Bertz CT molecular complexity index is 189. The summed E-state index contributed by atoms with van der Waals surface area (Å²) in [4.78, 5) is 0. The van der Waals surface area contributed by atoms with Gasteiger partial charge in [-0.05, 0) is 27.2 Å². The molecule has 0 saturated carbocycles. The minimum absolute atomic E-state index is 0.0872. The highest BCUT2D eigenvalue weighted by Crippen LogP contribution is 2.30. The summed E-state index contributed by atoms with van der Waals surface area (Å²) in [6.07, 6.45) is 0.699. The van der Waals surface area contributed by atoms with E-state index in [9.17, 15) is 0 Å². The molecule has 3 heteroatoms. The second-order valence-corrected chi connectivity index (χ2v) is 3.84. The van der Waals surface area contributed by atoms with Crippen molar-refractivity contribution in [1.29, 1.82) is 5.41 Å². The van der Waals surface area contributed by atoms with E-state index in [4.69, 9.17) is 14.9 Å². The van der Waals surface area contributed by atoms with Crippen LogP contribution in [0.4, 0.5) is 0 Å². The molecule has 0 spiro atoms. The maximum Gasteiger partial charge on any atom is 0.190 e. The fraction of sp³-hybridized carbons (Fsp3) is 0.889. The van der Waals surface area contributed by atoms with Crippen LogP contribution in [0.3, 0.4) is 0 Å². The normalized spacial score (nSPS) is 28.7. The van der Waals surface area contributed by atoms with E-state index >= 15 is 0 Å². The monoisotopic (exact) mass is 171 g/mol. The number of nitrogens with one attached hydrogen (secondary N) is 1. The fourth-order valence-electron chi connectivity index (χ4n) is 0.893. The van der Waals surface area contributed by atoms with Gasteiger partial charge >= 0.3 is 0 Å². The Morgan fingerprint density at radius 1 is 1.58 bits per heavy atom. The minimum atomic E-state index is -0.169. The van der Waals surface area contributed by atoms with E-state index in [2.05, 4.69) is 6.92 Å². The number of epoxide rings is 1. The summed E-state index contributed by atoms with van der Waals surface area (Å²) in [6.45, 7) is 7.89. The summed E-state index contributed by atoms with van der Waals surface area (Å²) in [5.74, 6) is 0. The molecule has 0 aromatic carbocycles. The third-order valence-corrected chi connectivity index (χ3v) is 2.16. The second kappa shape index (κ2) is 3.15. The van der Waals surface area contributed by atoms with Crippen molar-refractivity contribution in [2.75, 3.05) is 0 Å². The molecule has 1 aliphatic heterocycles. The lowest BCUT2D eigenvalue weighted by Gasteiger charge is -2.21. The molecule has 1 fully saturated rings. The van der Waals surface area contributed by atoms with Crippen LogP contribution < -0.4 is 0 Å². The van der Waals surface area contributed by atoms with Crippen molar-refractivity contribution in [3.63, 3.8) is 0 Å². The Kier molecular flexibility index (Phi) is 2.54. The smallest absolute Gasteiger partial charge is 0.190 e. The lowest BCUT2D eigenvalue weighted by Crippen LogP contribution is -2.26. The molecule has 2 unspecified atom stereocenters. The molecule has 1 saturated heterocycles. The first-order chi connectivity index (χ1) is 5.46. The van der Waals surface area contributed by atoms with E-state index in [1.54, 1.807) is 6.92 Å². The van der Waals surface area contributed by atoms with Crippen LogP contribution in [0.25, 0.3) is 0 Å². The lowest BCUT2D eigenvalue weighted by molar-refractivity contribution is -0.0702. The average Bonchev–Trinajstić information content (AvgIpc) is 2.67. The fourth-order valence-corrected chi connectivity index (χ4v) is 0.893. The van der Waals surface area contributed by atoms with Crippen molar-refractivity contribution >= 4 is 5.71 Å². The van der Waals surface area contributed by atoms with Gasteiger partial charge in [0, 0.05) is 5.71 Å². The van der Waals surface area contributed by atoms with Crippen molar-refractivity contribution < 1.29 is 9.47 Å². The zero-order valence-corrected chi connectivity index (χ0v) is 8.18. The highest BCUT2D eigenvalue weighted by Gasteiger charge is 2.44. The molecular formula is C9H17NO2.